The average molecular weight is 362 g/mol. The zero-order valence-corrected chi connectivity index (χ0v) is 14.7. The van der Waals surface area contributed by atoms with Gasteiger partial charge in [-0.15, -0.1) is 11.3 Å². The second kappa shape index (κ2) is 7.38. The van der Waals surface area contributed by atoms with Crippen LogP contribution in [0.4, 0.5) is 5.13 Å². The van der Waals surface area contributed by atoms with Crippen LogP contribution in [0.25, 0.3) is 0 Å². The van der Waals surface area contributed by atoms with E-state index in [1.807, 2.05) is 11.4 Å². The SMILES string of the molecule is O=C(C[NH+]1CC[NH+](Cc2ccc3c(c2)OCO3)CC1)Nc1nccs1. The minimum Gasteiger partial charge on any atom is -0.454 e. The van der Waals surface area contributed by atoms with Gasteiger partial charge in [0.2, 0.25) is 6.79 Å². The van der Waals surface area contributed by atoms with Crippen LogP contribution >= 0.6 is 11.3 Å². The molecular formula is C17H22N4O3S+2. The van der Waals surface area contributed by atoms with Gasteiger partial charge in [-0.2, -0.15) is 0 Å². The Morgan fingerprint density at radius 2 is 1.96 bits per heavy atom. The van der Waals surface area contributed by atoms with Gasteiger partial charge in [0.1, 0.15) is 32.7 Å². The molecule has 2 aliphatic heterocycles. The van der Waals surface area contributed by atoms with Gasteiger partial charge in [0, 0.05) is 17.1 Å². The van der Waals surface area contributed by atoms with Crippen molar-refractivity contribution in [3.8, 4) is 11.5 Å². The number of benzene rings is 1. The number of carbonyl (C=O) groups excluding carboxylic acids is 1. The van der Waals surface area contributed by atoms with Crippen molar-refractivity contribution in [1.82, 2.24) is 4.98 Å². The Labute approximate surface area is 150 Å². The molecule has 132 valence electrons. The van der Waals surface area contributed by atoms with Crippen molar-refractivity contribution in [2.75, 3.05) is 44.8 Å². The van der Waals surface area contributed by atoms with Gasteiger partial charge in [-0.05, 0) is 18.2 Å². The third-order valence-corrected chi connectivity index (χ3v) is 5.33. The molecule has 1 amide bonds. The summed E-state index contributed by atoms with van der Waals surface area (Å²) in [5, 5.41) is 5.40. The molecule has 0 unspecified atom stereocenters. The zero-order valence-electron chi connectivity index (χ0n) is 13.9. The summed E-state index contributed by atoms with van der Waals surface area (Å²) >= 11 is 1.45. The highest BCUT2D eigenvalue weighted by Crippen LogP contribution is 2.32. The Morgan fingerprint density at radius 3 is 2.76 bits per heavy atom. The molecule has 3 heterocycles. The first-order chi connectivity index (χ1) is 12.3. The fourth-order valence-electron chi connectivity index (χ4n) is 3.33. The molecule has 25 heavy (non-hydrogen) atoms. The van der Waals surface area contributed by atoms with Crippen LogP contribution in [0, 0.1) is 0 Å². The summed E-state index contributed by atoms with van der Waals surface area (Å²) in [4.78, 5) is 19.0. The zero-order chi connectivity index (χ0) is 17.1. The van der Waals surface area contributed by atoms with Gasteiger partial charge in [-0.3, -0.25) is 10.1 Å². The maximum absolute atomic E-state index is 12.1. The van der Waals surface area contributed by atoms with Gasteiger partial charge >= 0.3 is 0 Å². The largest absolute Gasteiger partial charge is 0.454 e. The molecule has 0 atom stereocenters. The highest BCUT2D eigenvalue weighted by molar-refractivity contribution is 7.13. The number of quaternary nitrogens is 2. The Hall–Kier alpha value is -2.16. The molecule has 0 saturated carbocycles. The van der Waals surface area contributed by atoms with E-state index < -0.39 is 0 Å². The fraction of sp³-hybridized carbons (Fsp3) is 0.412. The number of hydrogen-bond donors (Lipinski definition) is 3. The van der Waals surface area contributed by atoms with Crippen LogP contribution in [0.15, 0.2) is 29.8 Å². The normalized spacial score (nSPS) is 21.9. The molecule has 8 heteroatoms. The number of piperazine rings is 1. The van der Waals surface area contributed by atoms with Gasteiger partial charge in [0.05, 0.1) is 0 Å². The second-order valence-corrected chi connectivity index (χ2v) is 7.32. The summed E-state index contributed by atoms with van der Waals surface area (Å²) in [5.74, 6) is 1.73. The van der Waals surface area contributed by atoms with Crippen molar-refractivity contribution < 1.29 is 24.1 Å². The minimum absolute atomic E-state index is 0.0455. The van der Waals surface area contributed by atoms with Crippen molar-refractivity contribution in [3.05, 3.63) is 35.3 Å². The highest BCUT2D eigenvalue weighted by atomic mass is 32.1. The number of hydrogen-bond acceptors (Lipinski definition) is 5. The second-order valence-electron chi connectivity index (χ2n) is 6.43. The van der Waals surface area contributed by atoms with Crippen LogP contribution in [-0.4, -0.2) is 50.4 Å². The molecule has 0 spiro atoms. The Bertz CT molecular complexity index is 729. The van der Waals surface area contributed by atoms with Crippen molar-refractivity contribution in [2.24, 2.45) is 0 Å². The average Bonchev–Trinajstić information content (AvgIpc) is 3.27. The van der Waals surface area contributed by atoms with Crippen LogP contribution in [0.3, 0.4) is 0 Å². The summed E-state index contributed by atoms with van der Waals surface area (Å²) in [6.07, 6.45) is 1.70. The number of amides is 1. The molecule has 0 aliphatic carbocycles. The van der Waals surface area contributed by atoms with E-state index in [0.717, 1.165) is 44.2 Å². The molecule has 0 radical (unpaired) electrons. The molecular weight excluding hydrogens is 340 g/mol. The lowest BCUT2D eigenvalue weighted by molar-refractivity contribution is -1.02. The number of nitrogens with one attached hydrogen (secondary N) is 3. The lowest BCUT2D eigenvalue weighted by Gasteiger charge is -2.29. The lowest BCUT2D eigenvalue weighted by atomic mass is 10.1. The summed E-state index contributed by atoms with van der Waals surface area (Å²) in [5.41, 5.74) is 1.27. The smallest absolute Gasteiger partial charge is 0.281 e. The standard InChI is InChI=1S/C17H20N4O3S/c22-16(19-17-18-3-8-25-17)11-21-6-4-20(5-7-21)10-13-1-2-14-15(9-13)24-12-23-14/h1-3,8-9H,4-7,10-12H2,(H,18,19,22)/p+2. The number of carbonyl (C=O) groups is 1. The first-order valence-electron chi connectivity index (χ1n) is 8.51. The van der Waals surface area contributed by atoms with Gasteiger partial charge in [0.15, 0.2) is 23.2 Å². The summed E-state index contributed by atoms with van der Waals surface area (Å²) in [6, 6.07) is 6.18. The number of anilines is 1. The van der Waals surface area contributed by atoms with Crippen LogP contribution < -0.4 is 24.6 Å². The van der Waals surface area contributed by atoms with Crippen molar-refractivity contribution >= 4 is 22.4 Å². The van der Waals surface area contributed by atoms with E-state index in [-0.39, 0.29) is 5.91 Å². The molecule has 1 aromatic heterocycles. The predicted octanol–water partition coefficient (Wildman–Crippen LogP) is -1.21. The van der Waals surface area contributed by atoms with Gasteiger partial charge in [-0.1, -0.05) is 0 Å². The Kier molecular flexibility index (Phi) is 4.82. The molecule has 7 nitrogen and oxygen atoms in total. The number of rotatable bonds is 5. The summed E-state index contributed by atoms with van der Waals surface area (Å²) < 4.78 is 10.8. The van der Waals surface area contributed by atoms with E-state index in [9.17, 15) is 4.79 Å². The number of nitrogens with zero attached hydrogens (tertiary/aromatic N) is 1. The molecule has 2 aliphatic rings. The topological polar surface area (TPSA) is 69.3 Å². The molecule has 3 N–H and O–H groups in total. The monoisotopic (exact) mass is 362 g/mol. The van der Waals surface area contributed by atoms with E-state index in [4.69, 9.17) is 9.47 Å². The number of aromatic nitrogens is 1. The van der Waals surface area contributed by atoms with E-state index in [1.54, 1.807) is 11.1 Å². The summed E-state index contributed by atoms with van der Waals surface area (Å²) in [7, 11) is 0. The van der Waals surface area contributed by atoms with E-state index in [2.05, 4.69) is 22.4 Å². The van der Waals surface area contributed by atoms with Gasteiger partial charge < -0.3 is 19.3 Å². The van der Waals surface area contributed by atoms with Crippen LogP contribution in [0.1, 0.15) is 5.56 Å². The number of thiazole rings is 1. The third kappa shape index (κ3) is 4.09. The van der Waals surface area contributed by atoms with Crippen LogP contribution in [0.5, 0.6) is 11.5 Å². The molecule has 2 aromatic rings. The quantitative estimate of drug-likeness (QED) is 0.625. The van der Waals surface area contributed by atoms with Gasteiger partial charge in [-0.25, -0.2) is 4.98 Å². The fourth-order valence-corrected chi connectivity index (χ4v) is 3.87. The molecule has 4 rings (SSSR count). The maximum atomic E-state index is 12.1. The highest BCUT2D eigenvalue weighted by Gasteiger charge is 2.25. The van der Waals surface area contributed by atoms with Crippen molar-refractivity contribution in [1.29, 1.82) is 0 Å². The van der Waals surface area contributed by atoms with Gasteiger partial charge in [0.25, 0.3) is 5.91 Å². The number of fused-ring (bicyclic) bond motifs is 1. The third-order valence-electron chi connectivity index (χ3n) is 4.64. The molecule has 1 fully saturated rings. The summed E-state index contributed by atoms with van der Waals surface area (Å²) in [6.45, 7) is 5.95. The van der Waals surface area contributed by atoms with Crippen molar-refractivity contribution in [2.45, 2.75) is 6.54 Å². The lowest BCUT2D eigenvalue weighted by Crippen LogP contribution is -3.28. The number of ether oxygens (including phenoxy) is 2. The van der Waals surface area contributed by atoms with Crippen LogP contribution in [-0.2, 0) is 11.3 Å². The Balaban J connectivity index is 1.23. The molecule has 1 saturated heterocycles. The Morgan fingerprint density at radius 1 is 1.16 bits per heavy atom. The predicted molar refractivity (Wildman–Crippen MR) is 93.3 cm³/mol. The van der Waals surface area contributed by atoms with E-state index in [0.29, 0.717) is 18.5 Å². The minimum atomic E-state index is 0.0455. The molecule has 1 aromatic carbocycles. The first kappa shape index (κ1) is 16.3. The van der Waals surface area contributed by atoms with E-state index in [1.165, 1.54) is 21.8 Å². The molecule has 0 bridgehead atoms. The maximum Gasteiger partial charge on any atom is 0.281 e. The first-order valence-corrected chi connectivity index (χ1v) is 9.39. The van der Waals surface area contributed by atoms with Crippen LogP contribution in [0.2, 0.25) is 0 Å². The van der Waals surface area contributed by atoms with E-state index >= 15 is 0 Å². The van der Waals surface area contributed by atoms with Crippen molar-refractivity contribution in [3.63, 3.8) is 0 Å².